The quantitative estimate of drug-likeness (QED) is 0.0879. The first-order valence-corrected chi connectivity index (χ1v) is 13.2. The molecule has 188 valence electrons. The fraction of sp³-hybridized carbons (Fsp3) is 0.560. The number of phosphoric ester groups is 1. The van der Waals surface area contributed by atoms with Crippen LogP contribution in [0.3, 0.4) is 0 Å². The molecular weight excluding hydrogens is 443 g/mol. The lowest BCUT2D eigenvalue weighted by atomic mass is 10.1. The summed E-state index contributed by atoms with van der Waals surface area (Å²) in [6.45, 7) is 1.19. The molecule has 33 heavy (non-hydrogen) atoms. The summed E-state index contributed by atoms with van der Waals surface area (Å²) < 4.78 is 19.5. The Labute approximate surface area is 198 Å². The van der Waals surface area contributed by atoms with Crippen LogP contribution < -0.4 is 0 Å². The van der Waals surface area contributed by atoms with Gasteiger partial charge < -0.3 is 19.6 Å². The molecule has 1 atom stereocenters. The van der Waals surface area contributed by atoms with Crippen LogP contribution in [0.15, 0.2) is 60.8 Å². The average Bonchev–Trinajstić information content (AvgIpc) is 2.77. The first-order chi connectivity index (χ1) is 15.8. The van der Waals surface area contributed by atoms with E-state index >= 15 is 0 Å². The lowest BCUT2D eigenvalue weighted by Crippen LogP contribution is -2.23. The Hall–Kier alpha value is -1.76. The SMILES string of the molecule is CC/C=C\C/C=C\C/C=C\C/C=C\C/C=C\CCCCCC(=O)OCC(O)COP(=O)(O)O. The van der Waals surface area contributed by atoms with Crippen LogP contribution in [0.4, 0.5) is 0 Å². The van der Waals surface area contributed by atoms with Crippen molar-refractivity contribution in [3.63, 3.8) is 0 Å². The maximum atomic E-state index is 11.6. The van der Waals surface area contributed by atoms with E-state index in [9.17, 15) is 14.5 Å². The van der Waals surface area contributed by atoms with Crippen molar-refractivity contribution in [2.45, 2.75) is 77.2 Å². The van der Waals surface area contributed by atoms with E-state index in [-0.39, 0.29) is 13.0 Å². The lowest BCUT2D eigenvalue weighted by Gasteiger charge is -2.12. The van der Waals surface area contributed by atoms with Gasteiger partial charge in [0, 0.05) is 6.42 Å². The second-order valence-corrected chi connectivity index (χ2v) is 8.67. The molecule has 0 saturated heterocycles. The van der Waals surface area contributed by atoms with E-state index in [0.29, 0.717) is 6.42 Å². The fourth-order valence-electron chi connectivity index (χ4n) is 2.57. The minimum atomic E-state index is -4.63. The monoisotopic (exact) mass is 484 g/mol. The van der Waals surface area contributed by atoms with Crippen molar-refractivity contribution >= 4 is 13.8 Å². The molecule has 0 rings (SSSR count). The zero-order valence-electron chi connectivity index (χ0n) is 19.8. The van der Waals surface area contributed by atoms with Crippen LogP contribution in [-0.2, 0) is 18.6 Å². The highest BCUT2D eigenvalue weighted by Gasteiger charge is 2.17. The Balaban J connectivity index is 3.56. The zero-order chi connectivity index (χ0) is 24.6. The topological polar surface area (TPSA) is 113 Å². The number of unbranched alkanes of at least 4 members (excludes halogenated alkanes) is 3. The molecule has 0 aliphatic rings. The lowest BCUT2D eigenvalue weighted by molar-refractivity contribution is -0.147. The summed E-state index contributed by atoms with van der Waals surface area (Å²) in [6, 6.07) is 0. The standard InChI is InChI=1S/C25H41O7P/c1-2-3-4-5-6-7-8-9-10-11-12-13-14-15-16-17-18-19-20-21-25(27)31-22-24(26)23-32-33(28,29)30/h3-4,6-7,9-10,12-13,15-16,24,26H,2,5,8,11,14,17-23H2,1H3,(H2,28,29,30)/b4-3-,7-6-,10-9-,13-12-,16-15-. The first kappa shape index (κ1) is 31.2. The predicted octanol–water partition coefficient (Wildman–Crippen LogP) is 5.70. The Morgan fingerprint density at radius 1 is 0.788 bits per heavy atom. The Morgan fingerprint density at radius 3 is 1.82 bits per heavy atom. The fourth-order valence-corrected chi connectivity index (χ4v) is 2.94. The third-order valence-electron chi connectivity index (χ3n) is 4.28. The molecule has 0 aliphatic heterocycles. The number of hydrogen-bond donors (Lipinski definition) is 3. The molecule has 1 unspecified atom stereocenters. The number of aliphatic hydroxyl groups excluding tert-OH is 1. The van der Waals surface area contributed by atoms with E-state index in [2.05, 4.69) is 72.2 Å². The van der Waals surface area contributed by atoms with Crippen molar-refractivity contribution in [2.75, 3.05) is 13.2 Å². The van der Waals surface area contributed by atoms with E-state index in [0.717, 1.165) is 51.4 Å². The average molecular weight is 485 g/mol. The molecule has 0 radical (unpaired) electrons. The van der Waals surface area contributed by atoms with Crippen molar-refractivity contribution in [2.24, 2.45) is 0 Å². The number of aliphatic hydroxyl groups is 1. The van der Waals surface area contributed by atoms with Gasteiger partial charge in [0.05, 0.1) is 6.61 Å². The number of rotatable bonds is 20. The highest BCUT2D eigenvalue weighted by atomic mass is 31.2. The van der Waals surface area contributed by atoms with E-state index in [1.54, 1.807) is 0 Å². The van der Waals surface area contributed by atoms with Gasteiger partial charge in [-0.25, -0.2) is 4.57 Å². The van der Waals surface area contributed by atoms with Crippen LogP contribution in [0, 0.1) is 0 Å². The van der Waals surface area contributed by atoms with Crippen molar-refractivity contribution in [3.8, 4) is 0 Å². The molecule has 0 fully saturated rings. The van der Waals surface area contributed by atoms with Crippen LogP contribution in [0.1, 0.15) is 71.1 Å². The van der Waals surface area contributed by atoms with Crippen LogP contribution >= 0.6 is 7.82 Å². The van der Waals surface area contributed by atoms with Crippen LogP contribution in [0.25, 0.3) is 0 Å². The van der Waals surface area contributed by atoms with Crippen LogP contribution in [0.2, 0.25) is 0 Å². The molecule has 3 N–H and O–H groups in total. The number of phosphoric acid groups is 1. The van der Waals surface area contributed by atoms with Gasteiger partial charge in [0.25, 0.3) is 0 Å². The number of allylic oxidation sites excluding steroid dienone is 10. The molecule has 0 aromatic rings. The predicted molar refractivity (Wildman–Crippen MR) is 133 cm³/mol. The minimum absolute atomic E-state index is 0.248. The van der Waals surface area contributed by atoms with Gasteiger partial charge in [-0.05, 0) is 51.4 Å². The summed E-state index contributed by atoms with van der Waals surface area (Å²) in [5.74, 6) is -0.444. The van der Waals surface area contributed by atoms with Crippen LogP contribution in [-0.4, -0.2) is 40.2 Å². The van der Waals surface area contributed by atoms with Crippen molar-refractivity contribution in [1.29, 1.82) is 0 Å². The second kappa shape index (κ2) is 22.1. The van der Waals surface area contributed by atoms with E-state index in [1.807, 2.05) is 0 Å². The van der Waals surface area contributed by atoms with Crippen molar-refractivity contribution < 1.29 is 33.5 Å². The van der Waals surface area contributed by atoms with Gasteiger partial charge in [-0.15, -0.1) is 0 Å². The number of carbonyl (C=O) groups excluding carboxylic acids is 1. The van der Waals surface area contributed by atoms with E-state index in [4.69, 9.17) is 14.5 Å². The summed E-state index contributed by atoms with van der Waals surface area (Å²) in [5, 5.41) is 9.43. The summed E-state index contributed by atoms with van der Waals surface area (Å²) in [6.07, 6.45) is 29.1. The molecule has 8 heteroatoms. The molecule has 0 aliphatic carbocycles. The van der Waals surface area contributed by atoms with Crippen LogP contribution in [0.5, 0.6) is 0 Å². The normalized spacial score (nSPS) is 13.9. The Kier molecular flexibility index (Phi) is 20.9. The minimum Gasteiger partial charge on any atom is -0.463 e. The number of esters is 1. The number of ether oxygens (including phenoxy) is 1. The second-order valence-electron chi connectivity index (χ2n) is 7.43. The highest BCUT2D eigenvalue weighted by Crippen LogP contribution is 2.35. The highest BCUT2D eigenvalue weighted by molar-refractivity contribution is 7.46. The van der Waals surface area contributed by atoms with Gasteiger partial charge in [-0.3, -0.25) is 9.32 Å². The smallest absolute Gasteiger partial charge is 0.463 e. The molecule has 7 nitrogen and oxygen atoms in total. The maximum Gasteiger partial charge on any atom is 0.469 e. The summed E-state index contributed by atoms with van der Waals surface area (Å²) in [7, 11) is -4.63. The molecule has 0 aromatic heterocycles. The molecule has 0 saturated carbocycles. The van der Waals surface area contributed by atoms with E-state index in [1.165, 1.54) is 0 Å². The first-order valence-electron chi connectivity index (χ1n) is 11.6. The Morgan fingerprint density at radius 2 is 1.30 bits per heavy atom. The third-order valence-corrected chi connectivity index (χ3v) is 4.77. The van der Waals surface area contributed by atoms with Gasteiger partial charge in [0.2, 0.25) is 0 Å². The maximum absolute atomic E-state index is 11.6. The molecule has 0 bridgehead atoms. The van der Waals surface area contributed by atoms with Gasteiger partial charge in [0.15, 0.2) is 0 Å². The molecule has 0 amide bonds. The van der Waals surface area contributed by atoms with Gasteiger partial charge >= 0.3 is 13.8 Å². The zero-order valence-corrected chi connectivity index (χ0v) is 20.7. The number of hydrogen-bond acceptors (Lipinski definition) is 5. The van der Waals surface area contributed by atoms with Gasteiger partial charge in [-0.1, -0.05) is 74.1 Å². The largest absolute Gasteiger partial charge is 0.469 e. The van der Waals surface area contributed by atoms with E-state index < -0.39 is 26.5 Å². The van der Waals surface area contributed by atoms with Crippen molar-refractivity contribution in [3.05, 3.63) is 60.8 Å². The third kappa shape index (κ3) is 26.4. The molecule has 0 spiro atoms. The summed E-state index contributed by atoms with van der Waals surface area (Å²) in [4.78, 5) is 28.6. The van der Waals surface area contributed by atoms with Gasteiger partial charge in [0.1, 0.15) is 12.7 Å². The molecule has 0 aromatic carbocycles. The summed E-state index contributed by atoms with van der Waals surface area (Å²) >= 11 is 0. The molecule has 0 heterocycles. The summed E-state index contributed by atoms with van der Waals surface area (Å²) in [5.41, 5.74) is 0. The molecular formula is C25H41O7P. The van der Waals surface area contributed by atoms with Gasteiger partial charge in [-0.2, -0.15) is 0 Å². The Bertz CT molecular complexity index is 674. The van der Waals surface area contributed by atoms with Crippen molar-refractivity contribution in [1.82, 2.24) is 0 Å². The number of carbonyl (C=O) groups is 1.